The van der Waals surface area contributed by atoms with E-state index in [2.05, 4.69) is 6.92 Å². The molecule has 0 aliphatic carbocycles. The van der Waals surface area contributed by atoms with E-state index in [1.54, 1.807) is 0 Å². The lowest BCUT2D eigenvalue weighted by atomic mass is 10.1. The molecule has 0 bridgehead atoms. The molecule has 2 aromatic rings. The molecule has 0 aliphatic heterocycles. The monoisotopic (exact) mass is 246 g/mol. The molecule has 0 spiro atoms. The summed E-state index contributed by atoms with van der Waals surface area (Å²) < 4.78 is 5.47. The summed E-state index contributed by atoms with van der Waals surface area (Å²) >= 11 is 1.53. The van der Waals surface area contributed by atoms with Crippen molar-refractivity contribution in [2.45, 2.75) is 13.3 Å². The molecule has 0 saturated heterocycles. The van der Waals surface area contributed by atoms with Crippen LogP contribution in [0.1, 0.15) is 29.3 Å². The van der Waals surface area contributed by atoms with Gasteiger partial charge in [-0.25, -0.2) is 0 Å². The maximum absolute atomic E-state index is 12.0. The average molecular weight is 246 g/mol. The Labute approximate surface area is 105 Å². The first-order chi connectivity index (χ1) is 8.31. The van der Waals surface area contributed by atoms with Crippen LogP contribution in [-0.2, 0) is 0 Å². The van der Waals surface area contributed by atoms with Crippen LogP contribution in [0.2, 0.25) is 0 Å². The summed E-state index contributed by atoms with van der Waals surface area (Å²) in [4.78, 5) is 12.0. The van der Waals surface area contributed by atoms with Gasteiger partial charge < -0.3 is 4.74 Å². The number of rotatable bonds is 5. The highest BCUT2D eigenvalue weighted by molar-refractivity contribution is 7.08. The van der Waals surface area contributed by atoms with Crippen molar-refractivity contribution < 1.29 is 9.53 Å². The molecule has 2 rings (SSSR count). The number of hydrogen-bond acceptors (Lipinski definition) is 3. The number of benzene rings is 1. The van der Waals surface area contributed by atoms with E-state index in [4.69, 9.17) is 4.74 Å². The Morgan fingerprint density at radius 2 is 1.94 bits per heavy atom. The average Bonchev–Trinajstić information content (AvgIpc) is 2.90. The van der Waals surface area contributed by atoms with Crippen molar-refractivity contribution in [3.05, 3.63) is 52.2 Å². The van der Waals surface area contributed by atoms with Crippen molar-refractivity contribution in [3.8, 4) is 5.75 Å². The van der Waals surface area contributed by atoms with Gasteiger partial charge in [-0.05, 0) is 42.1 Å². The van der Waals surface area contributed by atoms with Gasteiger partial charge in [0.2, 0.25) is 0 Å². The molecule has 0 saturated carbocycles. The van der Waals surface area contributed by atoms with E-state index >= 15 is 0 Å². The van der Waals surface area contributed by atoms with E-state index in [9.17, 15) is 4.79 Å². The fraction of sp³-hybridized carbons (Fsp3) is 0.214. The van der Waals surface area contributed by atoms with Crippen LogP contribution in [0.15, 0.2) is 41.1 Å². The van der Waals surface area contributed by atoms with Gasteiger partial charge in [0.05, 0.1) is 6.61 Å². The minimum Gasteiger partial charge on any atom is -0.494 e. The molecular formula is C14H14O2S. The van der Waals surface area contributed by atoms with Gasteiger partial charge >= 0.3 is 0 Å². The molecule has 0 atom stereocenters. The van der Waals surface area contributed by atoms with Gasteiger partial charge in [-0.15, -0.1) is 0 Å². The second-order valence-electron chi connectivity index (χ2n) is 3.71. The van der Waals surface area contributed by atoms with Gasteiger partial charge in [0.15, 0.2) is 5.78 Å². The van der Waals surface area contributed by atoms with Gasteiger partial charge in [-0.1, -0.05) is 6.92 Å². The van der Waals surface area contributed by atoms with Crippen LogP contribution in [-0.4, -0.2) is 12.4 Å². The fourth-order valence-electron chi connectivity index (χ4n) is 1.48. The maximum Gasteiger partial charge on any atom is 0.193 e. The van der Waals surface area contributed by atoms with Crippen LogP contribution in [0.4, 0.5) is 0 Å². The topological polar surface area (TPSA) is 26.3 Å². The smallest absolute Gasteiger partial charge is 0.193 e. The Morgan fingerprint density at radius 3 is 2.53 bits per heavy atom. The lowest BCUT2D eigenvalue weighted by Gasteiger charge is -2.04. The Kier molecular flexibility index (Phi) is 3.94. The SMILES string of the molecule is CCCOc1ccc(C(=O)c2ccsc2)cc1. The van der Waals surface area contributed by atoms with Crippen LogP contribution in [0.25, 0.3) is 0 Å². The van der Waals surface area contributed by atoms with Crippen molar-refractivity contribution in [2.75, 3.05) is 6.61 Å². The first-order valence-corrected chi connectivity index (χ1v) is 6.55. The highest BCUT2D eigenvalue weighted by Gasteiger charge is 2.08. The normalized spacial score (nSPS) is 10.2. The summed E-state index contributed by atoms with van der Waals surface area (Å²) in [5, 5.41) is 3.77. The second-order valence-corrected chi connectivity index (χ2v) is 4.49. The summed E-state index contributed by atoms with van der Waals surface area (Å²) in [6.45, 7) is 2.77. The van der Waals surface area contributed by atoms with Crippen molar-refractivity contribution >= 4 is 17.1 Å². The van der Waals surface area contributed by atoms with Gasteiger partial charge in [0.1, 0.15) is 5.75 Å². The fourth-order valence-corrected chi connectivity index (χ4v) is 2.12. The zero-order chi connectivity index (χ0) is 12.1. The maximum atomic E-state index is 12.0. The molecule has 0 unspecified atom stereocenters. The summed E-state index contributed by atoms with van der Waals surface area (Å²) in [5.41, 5.74) is 1.45. The molecule has 0 N–H and O–H groups in total. The Bertz CT molecular complexity index is 471. The van der Waals surface area contributed by atoms with Crippen LogP contribution in [0, 0.1) is 0 Å². The van der Waals surface area contributed by atoms with Crippen LogP contribution >= 0.6 is 11.3 Å². The molecule has 1 aromatic heterocycles. The highest BCUT2D eigenvalue weighted by atomic mass is 32.1. The van der Waals surface area contributed by atoms with Crippen molar-refractivity contribution in [1.82, 2.24) is 0 Å². The molecule has 1 aromatic carbocycles. The minimum absolute atomic E-state index is 0.0632. The minimum atomic E-state index is 0.0632. The molecule has 0 fully saturated rings. The number of hydrogen-bond donors (Lipinski definition) is 0. The highest BCUT2D eigenvalue weighted by Crippen LogP contribution is 2.17. The zero-order valence-corrected chi connectivity index (χ0v) is 10.5. The summed E-state index contributed by atoms with van der Waals surface area (Å²) in [7, 11) is 0. The lowest BCUT2D eigenvalue weighted by Crippen LogP contribution is -2.00. The number of carbonyl (C=O) groups is 1. The Balaban J connectivity index is 2.10. The third-order valence-electron chi connectivity index (χ3n) is 2.37. The van der Waals surface area contributed by atoms with E-state index in [1.165, 1.54) is 11.3 Å². The van der Waals surface area contributed by atoms with E-state index < -0.39 is 0 Å². The molecule has 0 aliphatic rings. The van der Waals surface area contributed by atoms with Crippen molar-refractivity contribution in [3.63, 3.8) is 0 Å². The number of ketones is 1. The standard InChI is InChI=1S/C14H14O2S/c1-2-8-16-13-5-3-11(4-6-13)14(15)12-7-9-17-10-12/h3-7,9-10H,2,8H2,1H3. The molecule has 88 valence electrons. The van der Waals surface area contributed by atoms with E-state index in [-0.39, 0.29) is 5.78 Å². The quantitative estimate of drug-likeness (QED) is 0.751. The molecule has 2 nitrogen and oxygen atoms in total. The van der Waals surface area contributed by atoms with Crippen molar-refractivity contribution in [2.24, 2.45) is 0 Å². The van der Waals surface area contributed by atoms with Crippen LogP contribution in [0.3, 0.4) is 0 Å². The number of carbonyl (C=O) groups excluding carboxylic acids is 1. The molecule has 0 radical (unpaired) electrons. The summed E-state index contributed by atoms with van der Waals surface area (Å²) in [6, 6.07) is 9.15. The first kappa shape index (κ1) is 11.9. The Morgan fingerprint density at radius 1 is 1.18 bits per heavy atom. The second kappa shape index (κ2) is 5.64. The van der Waals surface area contributed by atoms with Gasteiger partial charge in [-0.2, -0.15) is 11.3 Å². The summed E-state index contributed by atoms with van der Waals surface area (Å²) in [6.07, 6.45) is 0.982. The molecular weight excluding hydrogens is 232 g/mol. The zero-order valence-electron chi connectivity index (χ0n) is 9.68. The summed E-state index contributed by atoms with van der Waals surface area (Å²) in [5.74, 6) is 0.877. The number of ether oxygens (including phenoxy) is 1. The molecule has 1 heterocycles. The van der Waals surface area contributed by atoms with E-state index in [0.29, 0.717) is 12.2 Å². The lowest BCUT2D eigenvalue weighted by molar-refractivity contribution is 0.103. The van der Waals surface area contributed by atoms with E-state index in [0.717, 1.165) is 17.7 Å². The van der Waals surface area contributed by atoms with Gasteiger partial charge in [0.25, 0.3) is 0 Å². The number of thiophene rings is 1. The third-order valence-corrected chi connectivity index (χ3v) is 3.06. The van der Waals surface area contributed by atoms with E-state index in [1.807, 2.05) is 41.1 Å². The van der Waals surface area contributed by atoms with Gasteiger partial charge in [0, 0.05) is 16.5 Å². The van der Waals surface area contributed by atoms with Gasteiger partial charge in [-0.3, -0.25) is 4.79 Å². The predicted octanol–water partition coefficient (Wildman–Crippen LogP) is 3.77. The molecule has 17 heavy (non-hydrogen) atoms. The third kappa shape index (κ3) is 2.94. The molecule has 0 amide bonds. The first-order valence-electron chi connectivity index (χ1n) is 5.61. The predicted molar refractivity (Wildman–Crippen MR) is 70.0 cm³/mol. The Hall–Kier alpha value is -1.61. The largest absolute Gasteiger partial charge is 0.494 e. The molecule has 3 heteroatoms. The van der Waals surface area contributed by atoms with Crippen LogP contribution in [0.5, 0.6) is 5.75 Å². The van der Waals surface area contributed by atoms with Crippen molar-refractivity contribution in [1.29, 1.82) is 0 Å². The van der Waals surface area contributed by atoms with Crippen LogP contribution < -0.4 is 4.74 Å².